The number of nitro groups is 1. The normalized spacial score (nSPS) is 11.3. The molecule has 0 saturated heterocycles. The maximum absolute atomic E-state index is 11.1. The summed E-state index contributed by atoms with van der Waals surface area (Å²) in [6.45, 7) is 0. The van der Waals surface area contributed by atoms with Crippen LogP contribution in [0, 0.1) is 10.1 Å². The minimum Gasteiger partial charge on any atom is -0.259 e. The summed E-state index contributed by atoms with van der Waals surface area (Å²) in [6.07, 6.45) is 3.40. The summed E-state index contributed by atoms with van der Waals surface area (Å²) in [5, 5.41) is 11.1. The zero-order chi connectivity index (χ0) is 13.7. The molecule has 2 aromatic rings. The van der Waals surface area contributed by atoms with Gasteiger partial charge < -0.3 is 0 Å². The average molecular weight is 319 g/mol. The lowest BCUT2D eigenvalue weighted by atomic mass is 10.1. The first-order valence-corrected chi connectivity index (χ1v) is 6.45. The Hall–Kier alpha value is -2.01. The maximum Gasteiger partial charge on any atom is 0.252 e. The highest BCUT2D eigenvalue weighted by atomic mass is 79.9. The van der Waals surface area contributed by atoms with E-state index in [-0.39, 0.29) is 17.0 Å². The molecule has 0 saturated carbocycles. The number of nitrogens with zero attached hydrogens (tertiary/aromatic N) is 2. The van der Waals surface area contributed by atoms with Crippen LogP contribution in [0.5, 0.6) is 0 Å². The number of benzene rings is 1. The molecule has 0 unspecified atom stereocenters. The third kappa shape index (κ3) is 3.99. The molecule has 0 aliphatic carbocycles. The molecule has 0 aliphatic rings. The van der Waals surface area contributed by atoms with Gasteiger partial charge in [0.1, 0.15) is 0 Å². The van der Waals surface area contributed by atoms with Crippen molar-refractivity contribution >= 4 is 22.0 Å². The number of aromatic nitrogens is 1. The van der Waals surface area contributed by atoms with Gasteiger partial charge in [0, 0.05) is 16.7 Å². The highest BCUT2D eigenvalue weighted by Crippen LogP contribution is 2.14. The zero-order valence-corrected chi connectivity index (χ0v) is 11.6. The van der Waals surface area contributed by atoms with Crippen molar-refractivity contribution in [2.45, 2.75) is 6.42 Å². The number of halogens is 1. The van der Waals surface area contributed by atoms with E-state index >= 15 is 0 Å². The standard InChI is InChI=1S/C14H11BrN2O2/c15-12-6-7-13(16-10-12)9-14(17(18)19)8-11-4-2-1-3-5-11/h1-7,9-10H,8H2/b14-9+. The Kier molecular flexibility index (Phi) is 4.41. The SMILES string of the molecule is O=[N+]([O-])/C(=C/c1ccc(Br)cn1)Cc1ccccc1. The van der Waals surface area contributed by atoms with Crippen molar-refractivity contribution in [3.63, 3.8) is 0 Å². The molecule has 0 aliphatic heterocycles. The molecule has 1 heterocycles. The molecule has 0 spiro atoms. The largest absolute Gasteiger partial charge is 0.259 e. The Labute approximate surface area is 119 Å². The van der Waals surface area contributed by atoms with Gasteiger partial charge in [-0.3, -0.25) is 15.1 Å². The van der Waals surface area contributed by atoms with Crippen molar-refractivity contribution in [3.05, 3.63) is 80.2 Å². The highest BCUT2D eigenvalue weighted by molar-refractivity contribution is 9.10. The van der Waals surface area contributed by atoms with Gasteiger partial charge in [0.05, 0.1) is 17.0 Å². The molecule has 4 nitrogen and oxygen atoms in total. The van der Waals surface area contributed by atoms with E-state index in [9.17, 15) is 10.1 Å². The van der Waals surface area contributed by atoms with Crippen molar-refractivity contribution < 1.29 is 4.92 Å². The van der Waals surface area contributed by atoms with Crippen LogP contribution in [-0.2, 0) is 6.42 Å². The van der Waals surface area contributed by atoms with E-state index < -0.39 is 0 Å². The summed E-state index contributed by atoms with van der Waals surface area (Å²) in [5.41, 5.74) is 1.61. The Morgan fingerprint density at radius 1 is 1.26 bits per heavy atom. The number of allylic oxidation sites excluding steroid dienone is 1. The van der Waals surface area contributed by atoms with Crippen LogP contribution in [0.3, 0.4) is 0 Å². The number of pyridine rings is 1. The number of hydrogen-bond acceptors (Lipinski definition) is 3. The number of rotatable bonds is 4. The molecule has 0 fully saturated rings. The monoisotopic (exact) mass is 318 g/mol. The summed E-state index contributed by atoms with van der Waals surface area (Å²) in [6, 6.07) is 12.9. The molecule has 0 radical (unpaired) electrons. The third-order valence-electron chi connectivity index (χ3n) is 2.53. The van der Waals surface area contributed by atoms with Crippen LogP contribution in [0.4, 0.5) is 0 Å². The van der Waals surface area contributed by atoms with Gasteiger partial charge in [0.2, 0.25) is 0 Å². The predicted molar refractivity (Wildman–Crippen MR) is 77.1 cm³/mol. The van der Waals surface area contributed by atoms with Crippen molar-refractivity contribution in [1.82, 2.24) is 4.98 Å². The van der Waals surface area contributed by atoms with Crippen molar-refractivity contribution in [3.8, 4) is 0 Å². The second kappa shape index (κ2) is 6.24. The molecular weight excluding hydrogens is 308 g/mol. The van der Waals surface area contributed by atoms with Crippen LogP contribution in [0.15, 0.2) is 58.8 Å². The third-order valence-corrected chi connectivity index (χ3v) is 3.00. The van der Waals surface area contributed by atoms with E-state index in [1.165, 1.54) is 6.08 Å². The summed E-state index contributed by atoms with van der Waals surface area (Å²) >= 11 is 3.28. The second-order valence-electron chi connectivity index (χ2n) is 3.96. The van der Waals surface area contributed by atoms with E-state index in [0.717, 1.165) is 10.0 Å². The van der Waals surface area contributed by atoms with Gasteiger partial charge in [-0.05, 0) is 33.6 Å². The van der Waals surface area contributed by atoms with E-state index in [1.807, 2.05) is 30.3 Å². The molecule has 0 amide bonds. The van der Waals surface area contributed by atoms with Gasteiger partial charge >= 0.3 is 0 Å². The van der Waals surface area contributed by atoms with Gasteiger partial charge in [-0.2, -0.15) is 0 Å². The topological polar surface area (TPSA) is 56.0 Å². The van der Waals surface area contributed by atoms with Crippen LogP contribution in [0.2, 0.25) is 0 Å². The lowest BCUT2D eigenvalue weighted by Gasteiger charge is -2.00. The quantitative estimate of drug-likeness (QED) is 0.638. The molecule has 2 rings (SSSR count). The molecular formula is C14H11BrN2O2. The minimum absolute atomic E-state index is 0.126. The Balaban J connectivity index is 2.25. The fourth-order valence-electron chi connectivity index (χ4n) is 1.62. The van der Waals surface area contributed by atoms with Gasteiger partial charge in [-0.1, -0.05) is 30.3 Å². The Morgan fingerprint density at radius 2 is 2.00 bits per heavy atom. The lowest BCUT2D eigenvalue weighted by molar-refractivity contribution is -0.425. The fraction of sp³-hybridized carbons (Fsp3) is 0.0714. The van der Waals surface area contributed by atoms with Crippen LogP contribution < -0.4 is 0 Å². The van der Waals surface area contributed by atoms with Gasteiger partial charge in [-0.15, -0.1) is 0 Å². The summed E-state index contributed by atoms with van der Waals surface area (Å²) in [4.78, 5) is 14.8. The van der Waals surface area contributed by atoms with Crippen molar-refractivity contribution in [2.24, 2.45) is 0 Å². The van der Waals surface area contributed by atoms with E-state index in [2.05, 4.69) is 20.9 Å². The van der Waals surface area contributed by atoms with E-state index in [0.29, 0.717) is 5.69 Å². The van der Waals surface area contributed by atoms with Crippen LogP contribution in [0.1, 0.15) is 11.3 Å². The second-order valence-corrected chi connectivity index (χ2v) is 4.87. The molecule has 5 heteroatoms. The molecule has 0 N–H and O–H groups in total. The fourth-order valence-corrected chi connectivity index (χ4v) is 1.85. The Bertz CT molecular complexity index is 595. The zero-order valence-electron chi connectivity index (χ0n) is 9.99. The highest BCUT2D eigenvalue weighted by Gasteiger charge is 2.12. The molecule has 96 valence electrons. The molecule has 1 aromatic heterocycles. The average Bonchev–Trinajstić information content (AvgIpc) is 2.41. The van der Waals surface area contributed by atoms with Gasteiger partial charge in [-0.25, -0.2) is 0 Å². The predicted octanol–water partition coefficient (Wildman–Crippen LogP) is 3.70. The van der Waals surface area contributed by atoms with E-state index in [4.69, 9.17) is 0 Å². The smallest absolute Gasteiger partial charge is 0.252 e. The van der Waals surface area contributed by atoms with Gasteiger partial charge in [0.25, 0.3) is 5.70 Å². The van der Waals surface area contributed by atoms with Crippen molar-refractivity contribution in [2.75, 3.05) is 0 Å². The molecule has 19 heavy (non-hydrogen) atoms. The first-order valence-electron chi connectivity index (χ1n) is 5.65. The van der Waals surface area contributed by atoms with E-state index in [1.54, 1.807) is 18.3 Å². The van der Waals surface area contributed by atoms with Crippen LogP contribution in [-0.4, -0.2) is 9.91 Å². The first kappa shape index (κ1) is 13.4. The van der Waals surface area contributed by atoms with Crippen LogP contribution >= 0.6 is 15.9 Å². The molecule has 0 bridgehead atoms. The lowest BCUT2D eigenvalue weighted by Crippen LogP contribution is -2.02. The Morgan fingerprint density at radius 3 is 2.58 bits per heavy atom. The van der Waals surface area contributed by atoms with Crippen molar-refractivity contribution in [1.29, 1.82) is 0 Å². The molecule has 0 atom stereocenters. The maximum atomic E-state index is 11.1. The van der Waals surface area contributed by atoms with Crippen LogP contribution in [0.25, 0.3) is 6.08 Å². The summed E-state index contributed by atoms with van der Waals surface area (Å²) in [7, 11) is 0. The molecule has 1 aromatic carbocycles. The van der Waals surface area contributed by atoms with Gasteiger partial charge in [0.15, 0.2) is 0 Å². The summed E-state index contributed by atoms with van der Waals surface area (Å²) < 4.78 is 0.843. The minimum atomic E-state index is -0.364. The number of hydrogen-bond donors (Lipinski definition) is 0. The first-order chi connectivity index (χ1) is 9.15. The summed E-state index contributed by atoms with van der Waals surface area (Å²) in [5.74, 6) is 0.